The smallest absolute Gasteiger partial charge is 0.312 e. The Kier molecular flexibility index (Phi) is 8.67. The number of carbonyl (C=O) groups is 3. The van der Waals surface area contributed by atoms with Crippen LogP contribution in [0.3, 0.4) is 0 Å². The van der Waals surface area contributed by atoms with Crippen LogP contribution in [0.15, 0.2) is 18.2 Å². The summed E-state index contributed by atoms with van der Waals surface area (Å²) < 4.78 is 16.2. The lowest BCUT2D eigenvalue weighted by molar-refractivity contribution is -0.152. The summed E-state index contributed by atoms with van der Waals surface area (Å²) in [5.74, 6) is 1.31. The van der Waals surface area contributed by atoms with Crippen molar-refractivity contribution < 1.29 is 33.7 Å². The Morgan fingerprint density at radius 1 is 1.29 bits per heavy atom. The molecule has 1 aromatic rings. The molecule has 0 radical (unpaired) electrons. The fraction of sp³-hybridized carbons (Fsp3) is 0.591. The molecule has 0 aliphatic carbocycles. The van der Waals surface area contributed by atoms with E-state index in [1.165, 1.54) is 0 Å². The lowest BCUT2D eigenvalue weighted by Crippen LogP contribution is -2.45. The third-order valence-electron chi connectivity index (χ3n) is 5.80. The van der Waals surface area contributed by atoms with Crippen LogP contribution in [-0.2, 0) is 25.5 Å². The van der Waals surface area contributed by atoms with Crippen molar-refractivity contribution >= 4 is 18.3 Å². The van der Waals surface area contributed by atoms with Crippen LogP contribution >= 0.6 is 0 Å². The molecule has 9 heteroatoms. The van der Waals surface area contributed by atoms with Crippen molar-refractivity contribution in [1.29, 1.82) is 0 Å². The number of nitrogens with zero attached hydrogens (tertiary/aromatic N) is 2. The van der Waals surface area contributed by atoms with Gasteiger partial charge < -0.3 is 29.1 Å². The predicted octanol–water partition coefficient (Wildman–Crippen LogP) is 1.43. The summed E-state index contributed by atoms with van der Waals surface area (Å²) in [5, 5.41) is 6.89. The van der Waals surface area contributed by atoms with Crippen molar-refractivity contribution in [3.05, 3.63) is 23.8 Å². The zero-order chi connectivity index (χ0) is 23.0. The van der Waals surface area contributed by atoms with Crippen LogP contribution in [0.4, 0.5) is 0 Å². The topological polar surface area (TPSA) is 106 Å². The van der Waals surface area contributed by atoms with Gasteiger partial charge in [0.25, 0.3) is 6.47 Å². The van der Waals surface area contributed by atoms with Gasteiger partial charge in [0, 0.05) is 31.6 Å². The number of likely N-dealkylation sites (N-methyl/N-ethyl adjacent to an activating group) is 1. The van der Waals surface area contributed by atoms with Gasteiger partial charge in [-0.25, -0.2) is 0 Å². The van der Waals surface area contributed by atoms with Crippen molar-refractivity contribution in [2.45, 2.75) is 31.8 Å². The number of carboxylic acid groups (broad SMARTS) is 1. The monoisotopic (exact) mass is 436 g/mol. The minimum absolute atomic E-state index is 0.0395. The molecule has 0 saturated carbocycles. The molecule has 1 unspecified atom stereocenters. The number of cyclic esters (lactones) is 1. The molecule has 172 valence electrons. The molecule has 0 aromatic heterocycles. The van der Waals surface area contributed by atoms with Crippen LogP contribution in [0.2, 0.25) is 0 Å². The number of likely N-dealkylation sites (tertiary alicyclic amines) is 1. The number of hydrogen-bond acceptors (Lipinski definition) is 7. The number of benzene rings is 1. The lowest BCUT2D eigenvalue weighted by Gasteiger charge is -2.36. The molecule has 1 N–H and O–H groups in total. The first-order valence-electron chi connectivity index (χ1n) is 10.2. The second-order valence-corrected chi connectivity index (χ2v) is 8.11. The van der Waals surface area contributed by atoms with E-state index in [1.54, 1.807) is 14.2 Å². The molecule has 1 amide bonds. The summed E-state index contributed by atoms with van der Waals surface area (Å²) in [6.45, 7) is 1.65. The number of piperidine rings is 1. The first-order chi connectivity index (χ1) is 14.8. The minimum atomic E-state index is -0.425. The summed E-state index contributed by atoms with van der Waals surface area (Å²) in [5.41, 5.74) is 0.379. The van der Waals surface area contributed by atoms with E-state index in [2.05, 4.69) is 0 Å². The third kappa shape index (κ3) is 6.10. The van der Waals surface area contributed by atoms with E-state index >= 15 is 0 Å². The normalized spacial score (nSPS) is 19.5. The highest BCUT2D eigenvalue weighted by molar-refractivity contribution is 5.82. The Balaban J connectivity index is 0.00000107. The first kappa shape index (κ1) is 24.5. The second kappa shape index (κ2) is 11.0. The highest BCUT2D eigenvalue weighted by atomic mass is 16.6. The van der Waals surface area contributed by atoms with Crippen LogP contribution in [0, 0.1) is 5.41 Å². The summed E-state index contributed by atoms with van der Waals surface area (Å²) in [4.78, 5) is 37.6. The quantitative estimate of drug-likeness (QED) is 0.527. The molecular formula is C22H32N2O7. The van der Waals surface area contributed by atoms with Gasteiger partial charge in [-0.05, 0) is 45.1 Å². The van der Waals surface area contributed by atoms with Crippen molar-refractivity contribution in [2.24, 2.45) is 5.41 Å². The van der Waals surface area contributed by atoms with Crippen molar-refractivity contribution in [3.8, 4) is 11.5 Å². The maximum atomic E-state index is 12.8. The number of ether oxygens (including phenoxy) is 3. The zero-order valence-electron chi connectivity index (χ0n) is 18.6. The van der Waals surface area contributed by atoms with E-state index in [-0.39, 0.29) is 30.9 Å². The van der Waals surface area contributed by atoms with Crippen molar-refractivity contribution in [1.82, 2.24) is 9.80 Å². The highest BCUT2D eigenvalue weighted by Gasteiger charge is 2.50. The molecule has 2 aliphatic heterocycles. The number of carbonyl (C=O) groups excluding carboxylic acids is 2. The Bertz CT molecular complexity index is 773. The van der Waals surface area contributed by atoms with Crippen molar-refractivity contribution in [2.75, 3.05) is 47.9 Å². The molecular weight excluding hydrogens is 404 g/mol. The summed E-state index contributed by atoms with van der Waals surface area (Å²) >= 11 is 0. The predicted molar refractivity (Wildman–Crippen MR) is 113 cm³/mol. The van der Waals surface area contributed by atoms with Crippen LogP contribution in [0.5, 0.6) is 11.5 Å². The van der Waals surface area contributed by atoms with E-state index in [9.17, 15) is 9.59 Å². The molecule has 1 spiro atoms. The van der Waals surface area contributed by atoms with Gasteiger partial charge in [-0.15, -0.1) is 0 Å². The Hall–Kier alpha value is -2.81. The zero-order valence-corrected chi connectivity index (χ0v) is 18.6. The van der Waals surface area contributed by atoms with Gasteiger partial charge in [0.1, 0.15) is 17.6 Å². The highest BCUT2D eigenvalue weighted by Crippen LogP contribution is 2.43. The third-order valence-corrected chi connectivity index (χ3v) is 5.80. The largest absolute Gasteiger partial charge is 0.497 e. The Labute approximate surface area is 182 Å². The van der Waals surface area contributed by atoms with E-state index < -0.39 is 5.41 Å². The number of methoxy groups -OCH3 is 2. The molecule has 0 bridgehead atoms. The van der Waals surface area contributed by atoms with Crippen LogP contribution in [0.25, 0.3) is 0 Å². The van der Waals surface area contributed by atoms with Crippen LogP contribution in [-0.4, -0.2) is 87.3 Å². The molecule has 2 heterocycles. The number of rotatable bonds is 6. The molecule has 2 aliphatic rings. The van der Waals surface area contributed by atoms with Crippen LogP contribution < -0.4 is 9.47 Å². The van der Waals surface area contributed by atoms with Crippen LogP contribution in [0.1, 0.15) is 24.8 Å². The number of esters is 1. The van der Waals surface area contributed by atoms with Gasteiger partial charge in [-0.3, -0.25) is 14.4 Å². The van der Waals surface area contributed by atoms with Gasteiger partial charge >= 0.3 is 5.97 Å². The molecule has 9 nitrogen and oxygen atoms in total. The SMILES string of the molecule is COc1ccc(OC)c(CC(=O)N2CCC3(CC2)CC(CN(C)C)OC3=O)c1.O=CO. The summed E-state index contributed by atoms with van der Waals surface area (Å²) in [6, 6.07) is 5.46. The molecule has 2 fully saturated rings. The van der Waals surface area contributed by atoms with E-state index in [4.69, 9.17) is 24.1 Å². The lowest BCUT2D eigenvalue weighted by atomic mass is 9.76. The van der Waals surface area contributed by atoms with Gasteiger partial charge in [-0.2, -0.15) is 0 Å². The average molecular weight is 437 g/mol. The maximum absolute atomic E-state index is 12.8. The average Bonchev–Trinajstić information content (AvgIpc) is 3.02. The second-order valence-electron chi connectivity index (χ2n) is 8.11. The maximum Gasteiger partial charge on any atom is 0.312 e. The van der Waals surface area contributed by atoms with Gasteiger partial charge in [0.15, 0.2) is 0 Å². The van der Waals surface area contributed by atoms with Crippen molar-refractivity contribution in [3.63, 3.8) is 0 Å². The number of amides is 1. The molecule has 3 rings (SSSR count). The fourth-order valence-electron chi connectivity index (χ4n) is 4.23. The van der Waals surface area contributed by atoms with E-state index in [1.807, 2.05) is 42.1 Å². The first-order valence-corrected chi connectivity index (χ1v) is 10.2. The van der Waals surface area contributed by atoms with Gasteiger partial charge in [0.05, 0.1) is 26.1 Å². The van der Waals surface area contributed by atoms with Gasteiger partial charge in [-0.1, -0.05) is 0 Å². The Morgan fingerprint density at radius 2 is 1.94 bits per heavy atom. The molecule has 31 heavy (non-hydrogen) atoms. The van der Waals surface area contributed by atoms with Gasteiger partial charge in [0.2, 0.25) is 5.91 Å². The summed E-state index contributed by atoms with van der Waals surface area (Å²) in [6.07, 6.45) is 2.27. The molecule has 2 saturated heterocycles. The Morgan fingerprint density at radius 3 is 2.48 bits per heavy atom. The molecule has 1 aromatic carbocycles. The number of hydrogen-bond donors (Lipinski definition) is 1. The fourth-order valence-corrected chi connectivity index (χ4v) is 4.23. The van der Waals surface area contributed by atoms with E-state index in [0.29, 0.717) is 37.4 Å². The minimum Gasteiger partial charge on any atom is -0.497 e. The molecule has 1 atom stereocenters. The standard InChI is InChI=1S/C21H30N2O5.CH2O2/c1-22(2)14-17-13-21(20(25)28-17)7-9-23(10-8-21)19(24)12-15-11-16(26-3)5-6-18(15)27-4;2-1-3/h5-6,11,17H,7-10,12-14H2,1-4H3;1H,(H,2,3). The van der Waals surface area contributed by atoms with E-state index in [0.717, 1.165) is 18.5 Å². The summed E-state index contributed by atoms with van der Waals surface area (Å²) in [7, 11) is 7.15.